The van der Waals surface area contributed by atoms with Gasteiger partial charge in [-0.1, -0.05) is 52.3 Å². The van der Waals surface area contributed by atoms with Gasteiger partial charge in [-0.15, -0.1) is 0 Å². The van der Waals surface area contributed by atoms with Crippen LogP contribution in [-0.4, -0.2) is 53.5 Å². The molecule has 3 rings (SSSR count). The van der Waals surface area contributed by atoms with Crippen LogP contribution in [0.1, 0.15) is 23.7 Å². The first-order chi connectivity index (χ1) is 13.0. The highest BCUT2D eigenvalue weighted by Crippen LogP contribution is 2.18. The molecule has 4 nitrogen and oxygen atoms in total. The molecule has 6 heteroatoms. The second-order valence-electron chi connectivity index (χ2n) is 6.84. The zero-order chi connectivity index (χ0) is 19.2. The Labute approximate surface area is 167 Å². The van der Waals surface area contributed by atoms with E-state index in [4.69, 9.17) is 0 Å². The molecule has 1 atom stereocenters. The first-order valence-corrected chi connectivity index (χ1v) is 9.99. The summed E-state index contributed by atoms with van der Waals surface area (Å²) >= 11 is 3.24. The van der Waals surface area contributed by atoms with Crippen molar-refractivity contribution in [3.8, 4) is 0 Å². The Morgan fingerprint density at radius 1 is 1.11 bits per heavy atom. The van der Waals surface area contributed by atoms with Gasteiger partial charge in [0, 0.05) is 43.6 Å². The molecule has 1 unspecified atom stereocenters. The molecule has 0 spiro atoms. The minimum atomic E-state index is -0.520. The van der Waals surface area contributed by atoms with Crippen molar-refractivity contribution in [2.24, 2.45) is 0 Å². The number of carbonyl (C=O) groups is 1. The van der Waals surface area contributed by atoms with E-state index in [0.29, 0.717) is 42.5 Å². The molecule has 0 aliphatic carbocycles. The molecule has 0 bridgehead atoms. The number of aliphatic hydroxyl groups excluding tert-OH is 1. The van der Waals surface area contributed by atoms with Crippen molar-refractivity contribution in [2.45, 2.75) is 18.9 Å². The predicted octanol–water partition coefficient (Wildman–Crippen LogP) is 3.40. The standard InChI is InChI=1S/C21H24BrFN2O2/c22-18-8-6-16(19(23)14-18)7-9-21(27)25-12-10-24(11-13-25)15-20(26)17-4-2-1-3-5-17/h1-6,8,14,20,26H,7,9-13,15H2. The minimum Gasteiger partial charge on any atom is -0.387 e. The Morgan fingerprint density at radius 2 is 1.81 bits per heavy atom. The van der Waals surface area contributed by atoms with Gasteiger partial charge in [0.1, 0.15) is 5.82 Å². The highest BCUT2D eigenvalue weighted by molar-refractivity contribution is 9.10. The van der Waals surface area contributed by atoms with Gasteiger partial charge in [-0.25, -0.2) is 4.39 Å². The Morgan fingerprint density at radius 3 is 2.48 bits per heavy atom. The van der Waals surface area contributed by atoms with E-state index in [2.05, 4.69) is 20.8 Å². The number of aliphatic hydroxyl groups is 1. The van der Waals surface area contributed by atoms with Crippen LogP contribution in [0.25, 0.3) is 0 Å². The first kappa shape index (κ1) is 20.0. The molecule has 1 saturated heterocycles. The second kappa shape index (κ2) is 9.44. The van der Waals surface area contributed by atoms with Crippen molar-refractivity contribution in [3.05, 3.63) is 69.9 Å². The lowest BCUT2D eigenvalue weighted by molar-refractivity contribution is -0.133. The number of hydrogen-bond donors (Lipinski definition) is 1. The fraction of sp³-hybridized carbons (Fsp3) is 0.381. The number of rotatable bonds is 6. The number of halogens is 2. The SMILES string of the molecule is O=C(CCc1ccc(Br)cc1F)N1CCN(CC(O)c2ccccc2)CC1. The molecule has 0 saturated carbocycles. The Balaban J connectivity index is 1.43. The van der Waals surface area contributed by atoms with Crippen LogP contribution >= 0.6 is 15.9 Å². The van der Waals surface area contributed by atoms with Gasteiger partial charge in [0.15, 0.2) is 0 Å². The van der Waals surface area contributed by atoms with Crippen LogP contribution in [-0.2, 0) is 11.2 Å². The zero-order valence-electron chi connectivity index (χ0n) is 15.2. The number of piperazine rings is 1. The van der Waals surface area contributed by atoms with Crippen LogP contribution in [0, 0.1) is 5.82 Å². The lowest BCUT2D eigenvalue weighted by atomic mass is 10.1. The van der Waals surface area contributed by atoms with Gasteiger partial charge in [-0.2, -0.15) is 0 Å². The van der Waals surface area contributed by atoms with Crippen molar-refractivity contribution < 1.29 is 14.3 Å². The molecule has 1 heterocycles. The average molecular weight is 435 g/mol. The third-order valence-corrected chi connectivity index (χ3v) is 5.46. The van der Waals surface area contributed by atoms with E-state index in [1.165, 1.54) is 6.07 Å². The number of β-amino-alcohol motifs (C(OH)–C–C–N with tert-alkyl or cyclic N) is 1. The highest BCUT2D eigenvalue weighted by Gasteiger charge is 2.23. The largest absolute Gasteiger partial charge is 0.387 e. The normalized spacial score (nSPS) is 16.3. The molecule has 1 amide bonds. The summed E-state index contributed by atoms with van der Waals surface area (Å²) in [6, 6.07) is 14.6. The highest BCUT2D eigenvalue weighted by atomic mass is 79.9. The monoisotopic (exact) mass is 434 g/mol. The Bertz CT molecular complexity index is 764. The van der Waals surface area contributed by atoms with Gasteiger partial charge < -0.3 is 10.0 Å². The zero-order valence-corrected chi connectivity index (χ0v) is 16.7. The molecular formula is C21H24BrFN2O2. The summed E-state index contributed by atoms with van der Waals surface area (Å²) in [5.41, 5.74) is 1.48. The maximum absolute atomic E-state index is 13.9. The molecule has 0 aromatic heterocycles. The third kappa shape index (κ3) is 5.61. The van der Waals surface area contributed by atoms with E-state index in [1.54, 1.807) is 12.1 Å². The Hall–Kier alpha value is -1.76. The fourth-order valence-electron chi connectivity index (χ4n) is 3.33. The van der Waals surface area contributed by atoms with Crippen LogP contribution in [0.4, 0.5) is 4.39 Å². The van der Waals surface area contributed by atoms with E-state index < -0.39 is 6.10 Å². The summed E-state index contributed by atoms with van der Waals surface area (Å²) in [4.78, 5) is 16.4. The average Bonchev–Trinajstić information content (AvgIpc) is 2.68. The lowest BCUT2D eigenvalue weighted by Crippen LogP contribution is -2.49. The van der Waals surface area contributed by atoms with Gasteiger partial charge >= 0.3 is 0 Å². The number of hydrogen-bond acceptors (Lipinski definition) is 3. The number of nitrogens with zero attached hydrogens (tertiary/aromatic N) is 2. The fourth-order valence-corrected chi connectivity index (χ4v) is 3.66. The second-order valence-corrected chi connectivity index (χ2v) is 7.76. The number of carbonyl (C=O) groups excluding carboxylic acids is 1. The molecule has 1 fully saturated rings. The lowest BCUT2D eigenvalue weighted by Gasteiger charge is -2.35. The molecule has 0 radical (unpaired) electrons. The van der Waals surface area contributed by atoms with Crippen molar-refractivity contribution >= 4 is 21.8 Å². The van der Waals surface area contributed by atoms with Gasteiger partial charge in [-0.3, -0.25) is 9.69 Å². The molecule has 2 aromatic carbocycles. The first-order valence-electron chi connectivity index (χ1n) is 9.20. The van der Waals surface area contributed by atoms with Crippen molar-refractivity contribution in [3.63, 3.8) is 0 Å². The maximum atomic E-state index is 13.9. The van der Waals surface area contributed by atoms with Gasteiger partial charge in [0.25, 0.3) is 0 Å². The smallest absolute Gasteiger partial charge is 0.222 e. The summed E-state index contributed by atoms with van der Waals surface area (Å²) in [6.45, 7) is 3.33. The summed E-state index contributed by atoms with van der Waals surface area (Å²) in [5, 5.41) is 10.3. The summed E-state index contributed by atoms with van der Waals surface area (Å²) < 4.78 is 14.6. The molecular weight excluding hydrogens is 411 g/mol. The molecule has 1 N–H and O–H groups in total. The van der Waals surface area contributed by atoms with Crippen LogP contribution in [0.5, 0.6) is 0 Å². The van der Waals surface area contributed by atoms with Crippen molar-refractivity contribution in [1.82, 2.24) is 9.80 Å². The molecule has 1 aliphatic rings. The van der Waals surface area contributed by atoms with Gasteiger partial charge in [0.2, 0.25) is 5.91 Å². The van der Waals surface area contributed by atoms with E-state index >= 15 is 0 Å². The molecule has 27 heavy (non-hydrogen) atoms. The van der Waals surface area contributed by atoms with Gasteiger partial charge in [-0.05, 0) is 29.7 Å². The summed E-state index contributed by atoms with van der Waals surface area (Å²) in [7, 11) is 0. The predicted molar refractivity (Wildman–Crippen MR) is 107 cm³/mol. The van der Waals surface area contributed by atoms with Crippen LogP contribution in [0.15, 0.2) is 53.0 Å². The number of benzene rings is 2. The summed E-state index contributed by atoms with van der Waals surface area (Å²) in [6.07, 6.45) is 0.199. The van der Waals surface area contributed by atoms with Crippen molar-refractivity contribution in [1.29, 1.82) is 0 Å². The van der Waals surface area contributed by atoms with Crippen LogP contribution in [0.2, 0.25) is 0 Å². The quantitative estimate of drug-likeness (QED) is 0.757. The van der Waals surface area contributed by atoms with E-state index in [9.17, 15) is 14.3 Å². The molecule has 1 aliphatic heterocycles. The number of amides is 1. The molecule has 2 aromatic rings. The van der Waals surface area contributed by atoms with E-state index in [1.807, 2.05) is 35.2 Å². The Kier molecular flexibility index (Phi) is 6.99. The van der Waals surface area contributed by atoms with Crippen molar-refractivity contribution in [2.75, 3.05) is 32.7 Å². The maximum Gasteiger partial charge on any atom is 0.222 e. The topological polar surface area (TPSA) is 43.8 Å². The summed E-state index contributed by atoms with van der Waals surface area (Å²) in [5.74, 6) is -0.225. The van der Waals surface area contributed by atoms with Crippen LogP contribution < -0.4 is 0 Å². The van der Waals surface area contributed by atoms with E-state index in [0.717, 1.165) is 18.7 Å². The third-order valence-electron chi connectivity index (χ3n) is 4.96. The number of aryl methyl sites for hydroxylation is 1. The van der Waals surface area contributed by atoms with Gasteiger partial charge in [0.05, 0.1) is 6.10 Å². The van der Waals surface area contributed by atoms with Crippen LogP contribution in [0.3, 0.4) is 0 Å². The minimum absolute atomic E-state index is 0.0561. The van der Waals surface area contributed by atoms with E-state index in [-0.39, 0.29) is 11.7 Å². The molecule has 144 valence electrons.